The predicted molar refractivity (Wildman–Crippen MR) is 81.4 cm³/mol. The lowest BCUT2D eigenvalue weighted by Crippen LogP contribution is -2.26. The van der Waals surface area contributed by atoms with Crippen LogP contribution in [0.5, 0.6) is 0 Å². The van der Waals surface area contributed by atoms with Crippen LogP contribution in [0.15, 0.2) is 36.4 Å². The summed E-state index contributed by atoms with van der Waals surface area (Å²) in [5.41, 5.74) is 0.745. The van der Waals surface area contributed by atoms with Gasteiger partial charge in [0, 0.05) is 18.4 Å². The largest absolute Gasteiger partial charge is 0.469 e. The van der Waals surface area contributed by atoms with Crippen LogP contribution in [0.25, 0.3) is 10.8 Å². The number of halogens is 1. The van der Waals surface area contributed by atoms with Crippen molar-refractivity contribution in [2.75, 3.05) is 18.6 Å². The molecule has 0 aliphatic carbocycles. The Morgan fingerprint density at radius 1 is 1.29 bits per heavy atom. The zero-order valence-corrected chi connectivity index (χ0v) is 12.3. The average Bonchev–Trinajstić information content (AvgIpc) is 2.88. The highest BCUT2D eigenvalue weighted by atomic mass is 35.5. The first-order valence-corrected chi connectivity index (χ1v) is 7.05. The van der Waals surface area contributed by atoms with Crippen LogP contribution in [0.4, 0.5) is 5.69 Å². The number of rotatable bonds is 2. The van der Waals surface area contributed by atoms with Gasteiger partial charge < -0.3 is 9.64 Å². The predicted octanol–water partition coefficient (Wildman–Crippen LogP) is 3.02. The highest BCUT2D eigenvalue weighted by molar-refractivity contribution is 6.37. The number of carbonyl (C=O) groups is 2. The second-order valence-electron chi connectivity index (χ2n) is 5.04. The van der Waals surface area contributed by atoms with E-state index >= 15 is 0 Å². The molecule has 1 aliphatic rings. The van der Waals surface area contributed by atoms with Crippen molar-refractivity contribution in [3.63, 3.8) is 0 Å². The number of amides is 1. The number of carbonyl (C=O) groups excluding carboxylic acids is 2. The molecule has 1 atom stereocenters. The van der Waals surface area contributed by atoms with E-state index in [2.05, 4.69) is 0 Å². The Bertz CT molecular complexity index is 723. The van der Waals surface area contributed by atoms with E-state index in [0.717, 1.165) is 16.5 Å². The number of anilines is 1. The molecule has 0 spiro atoms. The molecule has 108 valence electrons. The average molecular weight is 304 g/mol. The summed E-state index contributed by atoms with van der Waals surface area (Å²) in [6, 6.07) is 11.3. The minimum Gasteiger partial charge on any atom is -0.469 e. The van der Waals surface area contributed by atoms with Crippen molar-refractivity contribution >= 4 is 39.9 Å². The van der Waals surface area contributed by atoms with E-state index in [1.165, 1.54) is 7.11 Å². The number of hydrogen-bond acceptors (Lipinski definition) is 3. The third-order valence-electron chi connectivity index (χ3n) is 3.78. The summed E-state index contributed by atoms with van der Waals surface area (Å²) >= 11 is 6.28. The molecule has 0 N–H and O–H groups in total. The van der Waals surface area contributed by atoms with Crippen molar-refractivity contribution in [1.29, 1.82) is 0 Å². The first-order valence-electron chi connectivity index (χ1n) is 6.67. The summed E-state index contributed by atoms with van der Waals surface area (Å²) in [7, 11) is 1.34. The SMILES string of the molecule is COC(=O)C1CC(=O)N(c2cccc3cccc(Cl)c23)C1. The summed E-state index contributed by atoms with van der Waals surface area (Å²) in [6.07, 6.45) is 0.174. The zero-order chi connectivity index (χ0) is 15.0. The molecule has 1 heterocycles. The van der Waals surface area contributed by atoms with Crippen LogP contribution in [0.2, 0.25) is 5.02 Å². The fourth-order valence-corrected chi connectivity index (χ4v) is 3.04. The summed E-state index contributed by atoms with van der Waals surface area (Å²) in [5.74, 6) is -0.852. The maximum atomic E-state index is 12.2. The van der Waals surface area contributed by atoms with E-state index in [0.29, 0.717) is 11.6 Å². The molecular formula is C16H14ClNO3. The highest BCUT2D eigenvalue weighted by Crippen LogP contribution is 2.35. The van der Waals surface area contributed by atoms with E-state index in [1.807, 2.05) is 30.3 Å². The van der Waals surface area contributed by atoms with Crippen molar-refractivity contribution in [1.82, 2.24) is 0 Å². The van der Waals surface area contributed by atoms with Crippen LogP contribution < -0.4 is 4.90 Å². The van der Waals surface area contributed by atoms with Gasteiger partial charge in [0.1, 0.15) is 0 Å². The van der Waals surface area contributed by atoms with Gasteiger partial charge in [0.05, 0.1) is 23.7 Å². The Balaban J connectivity index is 2.05. The summed E-state index contributed by atoms with van der Waals surface area (Å²) in [5, 5.41) is 2.40. The molecule has 1 fully saturated rings. The molecule has 2 aromatic rings. The fraction of sp³-hybridized carbons (Fsp3) is 0.250. The number of nitrogens with zero attached hydrogens (tertiary/aromatic N) is 1. The normalized spacial score (nSPS) is 18.3. The van der Waals surface area contributed by atoms with Gasteiger partial charge in [0.2, 0.25) is 5.91 Å². The lowest BCUT2D eigenvalue weighted by molar-refractivity contribution is -0.145. The van der Waals surface area contributed by atoms with Crippen molar-refractivity contribution in [3.05, 3.63) is 41.4 Å². The van der Waals surface area contributed by atoms with E-state index in [9.17, 15) is 9.59 Å². The Kier molecular flexibility index (Phi) is 3.55. The number of methoxy groups -OCH3 is 1. The van der Waals surface area contributed by atoms with Gasteiger partial charge in [-0.1, -0.05) is 35.9 Å². The summed E-state index contributed by atoms with van der Waals surface area (Å²) in [6.45, 7) is 0.329. The van der Waals surface area contributed by atoms with Gasteiger partial charge in [-0.05, 0) is 17.5 Å². The van der Waals surface area contributed by atoms with Gasteiger partial charge in [0.25, 0.3) is 0 Å². The van der Waals surface area contributed by atoms with Gasteiger partial charge in [-0.2, -0.15) is 0 Å². The number of benzene rings is 2. The van der Waals surface area contributed by atoms with Gasteiger partial charge in [-0.25, -0.2) is 0 Å². The molecule has 1 unspecified atom stereocenters. The van der Waals surface area contributed by atoms with Gasteiger partial charge in [0.15, 0.2) is 0 Å². The van der Waals surface area contributed by atoms with E-state index in [1.54, 1.807) is 11.0 Å². The molecule has 1 aliphatic heterocycles. The standard InChI is InChI=1S/C16H14ClNO3/c1-21-16(20)11-8-14(19)18(9-11)13-7-3-5-10-4-2-6-12(17)15(10)13/h2-7,11H,8-9H2,1H3. The van der Waals surface area contributed by atoms with Gasteiger partial charge >= 0.3 is 5.97 Å². The molecule has 1 saturated heterocycles. The molecular weight excluding hydrogens is 290 g/mol. The monoisotopic (exact) mass is 303 g/mol. The molecule has 1 amide bonds. The molecule has 0 saturated carbocycles. The second-order valence-corrected chi connectivity index (χ2v) is 5.45. The van der Waals surface area contributed by atoms with E-state index in [4.69, 9.17) is 16.3 Å². The minimum absolute atomic E-state index is 0.0854. The maximum absolute atomic E-state index is 12.2. The third kappa shape index (κ3) is 2.36. The lowest BCUT2D eigenvalue weighted by Gasteiger charge is -2.19. The minimum atomic E-state index is -0.416. The van der Waals surface area contributed by atoms with Crippen LogP contribution in [0.3, 0.4) is 0 Å². The Labute approximate surface area is 127 Å². The van der Waals surface area contributed by atoms with Gasteiger partial charge in [-0.3, -0.25) is 9.59 Å². The number of hydrogen-bond donors (Lipinski definition) is 0. The summed E-state index contributed by atoms with van der Waals surface area (Å²) < 4.78 is 4.73. The van der Waals surface area contributed by atoms with Crippen molar-refractivity contribution < 1.29 is 14.3 Å². The lowest BCUT2D eigenvalue weighted by atomic mass is 10.1. The van der Waals surface area contributed by atoms with E-state index < -0.39 is 5.92 Å². The highest BCUT2D eigenvalue weighted by Gasteiger charge is 2.36. The third-order valence-corrected chi connectivity index (χ3v) is 4.10. The Hall–Kier alpha value is -2.07. The van der Waals surface area contributed by atoms with Crippen molar-refractivity contribution in [3.8, 4) is 0 Å². The quantitative estimate of drug-likeness (QED) is 0.801. The second kappa shape index (κ2) is 5.37. The topological polar surface area (TPSA) is 46.6 Å². The Morgan fingerprint density at radius 2 is 2.00 bits per heavy atom. The van der Waals surface area contributed by atoms with Crippen molar-refractivity contribution in [2.45, 2.75) is 6.42 Å². The van der Waals surface area contributed by atoms with Crippen molar-refractivity contribution in [2.24, 2.45) is 5.92 Å². The number of fused-ring (bicyclic) bond motifs is 1. The first kappa shape index (κ1) is 13.9. The fourth-order valence-electron chi connectivity index (χ4n) is 2.77. The maximum Gasteiger partial charge on any atom is 0.311 e. The molecule has 21 heavy (non-hydrogen) atoms. The molecule has 5 heteroatoms. The van der Waals surface area contributed by atoms with E-state index in [-0.39, 0.29) is 18.3 Å². The van der Waals surface area contributed by atoms with Crippen LogP contribution in [-0.4, -0.2) is 25.5 Å². The summed E-state index contributed by atoms with van der Waals surface area (Å²) in [4.78, 5) is 25.5. The molecule has 0 bridgehead atoms. The first-order chi connectivity index (χ1) is 10.1. The van der Waals surface area contributed by atoms with Crippen LogP contribution in [-0.2, 0) is 14.3 Å². The molecule has 0 radical (unpaired) electrons. The molecule has 3 rings (SSSR count). The molecule has 2 aromatic carbocycles. The Morgan fingerprint density at radius 3 is 2.71 bits per heavy atom. The molecule has 0 aromatic heterocycles. The van der Waals surface area contributed by atoms with Crippen LogP contribution >= 0.6 is 11.6 Å². The smallest absolute Gasteiger partial charge is 0.311 e. The molecule has 4 nitrogen and oxygen atoms in total. The zero-order valence-electron chi connectivity index (χ0n) is 11.5. The van der Waals surface area contributed by atoms with Crippen LogP contribution in [0.1, 0.15) is 6.42 Å². The number of esters is 1. The number of ether oxygens (including phenoxy) is 1. The van der Waals surface area contributed by atoms with Gasteiger partial charge in [-0.15, -0.1) is 0 Å². The van der Waals surface area contributed by atoms with Crippen LogP contribution in [0, 0.1) is 5.92 Å².